The summed E-state index contributed by atoms with van der Waals surface area (Å²) in [4.78, 5) is 0. The van der Waals surface area contributed by atoms with Crippen LogP contribution < -0.4 is 10.5 Å². The first-order chi connectivity index (χ1) is 9.58. The average molecular weight is 361 g/mol. The summed E-state index contributed by atoms with van der Waals surface area (Å²) < 4.78 is 13.0. The van der Waals surface area contributed by atoms with E-state index in [1.807, 2.05) is 6.07 Å². The number of nitrogens with two attached hydrogens (primary N) is 1. The molecule has 1 aromatic carbocycles. The Labute approximate surface area is 132 Å². The molecular formula is C15H19BrClNO2. The lowest BCUT2D eigenvalue weighted by Gasteiger charge is -2.38. The Kier molecular flexibility index (Phi) is 4.16. The van der Waals surface area contributed by atoms with Gasteiger partial charge in [0, 0.05) is 17.9 Å². The Morgan fingerprint density at radius 3 is 2.80 bits per heavy atom. The second kappa shape index (κ2) is 5.74. The molecule has 1 spiro atoms. The van der Waals surface area contributed by atoms with Crippen molar-refractivity contribution >= 4 is 33.2 Å². The van der Waals surface area contributed by atoms with Gasteiger partial charge >= 0.3 is 0 Å². The molecule has 0 amide bonds. The van der Waals surface area contributed by atoms with Crippen molar-refractivity contribution in [1.29, 1.82) is 0 Å². The van der Waals surface area contributed by atoms with E-state index in [0.29, 0.717) is 16.5 Å². The van der Waals surface area contributed by atoms with Gasteiger partial charge in [-0.05, 0) is 40.9 Å². The average Bonchev–Trinajstić information content (AvgIpc) is 2.82. The van der Waals surface area contributed by atoms with Crippen molar-refractivity contribution in [2.45, 2.75) is 50.2 Å². The van der Waals surface area contributed by atoms with Gasteiger partial charge < -0.3 is 15.2 Å². The zero-order valence-corrected chi connectivity index (χ0v) is 13.7. The monoisotopic (exact) mass is 359 g/mol. The second-order valence-corrected chi connectivity index (χ2v) is 7.07. The van der Waals surface area contributed by atoms with E-state index in [1.54, 1.807) is 6.07 Å². The van der Waals surface area contributed by atoms with Crippen LogP contribution in [-0.2, 0) is 4.74 Å². The molecule has 2 N–H and O–H groups in total. The van der Waals surface area contributed by atoms with Crippen LogP contribution >= 0.6 is 27.5 Å². The van der Waals surface area contributed by atoms with Crippen molar-refractivity contribution < 1.29 is 9.47 Å². The summed E-state index contributed by atoms with van der Waals surface area (Å²) in [5.41, 5.74) is 6.65. The fourth-order valence-corrected chi connectivity index (χ4v) is 4.25. The first-order valence-electron chi connectivity index (χ1n) is 7.13. The largest absolute Gasteiger partial charge is 0.487 e. The van der Waals surface area contributed by atoms with Crippen LogP contribution in [0.3, 0.4) is 0 Å². The maximum atomic E-state index is 6.15. The smallest absolute Gasteiger partial charge is 0.156 e. The molecule has 1 aliphatic carbocycles. The van der Waals surface area contributed by atoms with E-state index >= 15 is 0 Å². The first-order valence-corrected chi connectivity index (χ1v) is 8.30. The van der Waals surface area contributed by atoms with Crippen molar-refractivity contribution in [3.63, 3.8) is 0 Å². The standard InChI is InChI=1S/C15H19BrClNO2/c16-12-7-10(17)8-13(18)14(12)20-11-3-6-19-15(9-11)4-1-2-5-15/h7-8,11H,1-6,9,18H2. The van der Waals surface area contributed by atoms with Gasteiger partial charge in [-0.25, -0.2) is 0 Å². The molecule has 1 saturated carbocycles. The molecule has 0 bridgehead atoms. The van der Waals surface area contributed by atoms with Gasteiger partial charge in [0.25, 0.3) is 0 Å². The Hall–Kier alpha value is -0.450. The molecule has 1 heterocycles. The number of hydrogen-bond acceptors (Lipinski definition) is 3. The summed E-state index contributed by atoms with van der Waals surface area (Å²) in [6, 6.07) is 3.55. The molecule has 110 valence electrons. The Balaban J connectivity index is 1.74. The van der Waals surface area contributed by atoms with Gasteiger partial charge in [-0.2, -0.15) is 0 Å². The highest BCUT2D eigenvalue weighted by Gasteiger charge is 2.40. The minimum atomic E-state index is 0.0522. The van der Waals surface area contributed by atoms with E-state index in [-0.39, 0.29) is 11.7 Å². The normalized spacial score (nSPS) is 25.0. The second-order valence-electron chi connectivity index (χ2n) is 5.78. The predicted molar refractivity (Wildman–Crippen MR) is 84.4 cm³/mol. The molecule has 0 aromatic heterocycles. The van der Waals surface area contributed by atoms with Crippen molar-refractivity contribution in [2.75, 3.05) is 12.3 Å². The molecule has 2 aliphatic rings. The fraction of sp³-hybridized carbons (Fsp3) is 0.600. The van der Waals surface area contributed by atoms with Crippen LogP contribution in [0.15, 0.2) is 16.6 Å². The minimum absolute atomic E-state index is 0.0522. The van der Waals surface area contributed by atoms with Crippen molar-refractivity contribution in [2.24, 2.45) is 0 Å². The van der Waals surface area contributed by atoms with Crippen molar-refractivity contribution in [3.05, 3.63) is 21.6 Å². The third kappa shape index (κ3) is 2.92. The molecule has 1 saturated heterocycles. The van der Waals surface area contributed by atoms with E-state index in [9.17, 15) is 0 Å². The number of rotatable bonds is 2. The van der Waals surface area contributed by atoms with E-state index < -0.39 is 0 Å². The SMILES string of the molecule is Nc1cc(Cl)cc(Br)c1OC1CCOC2(CCCC2)C1. The number of anilines is 1. The molecule has 3 nitrogen and oxygen atoms in total. The van der Waals surface area contributed by atoms with Gasteiger partial charge in [-0.15, -0.1) is 0 Å². The molecular weight excluding hydrogens is 342 g/mol. The number of nitrogen functional groups attached to an aromatic ring is 1. The number of ether oxygens (including phenoxy) is 2. The summed E-state index contributed by atoms with van der Waals surface area (Å²) in [6.07, 6.45) is 6.88. The lowest BCUT2D eigenvalue weighted by atomic mass is 9.90. The number of benzene rings is 1. The summed E-state index contributed by atoms with van der Waals surface area (Å²) in [5, 5.41) is 0.612. The molecule has 5 heteroatoms. The maximum absolute atomic E-state index is 6.15. The van der Waals surface area contributed by atoms with Gasteiger partial charge in [0.1, 0.15) is 6.10 Å². The van der Waals surface area contributed by atoms with E-state index in [4.69, 9.17) is 26.8 Å². The van der Waals surface area contributed by atoms with Gasteiger partial charge in [-0.3, -0.25) is 0 Å². The van der Waals surface area contributed by atoms with Crippen LogP contribution in [0.1, 0.15) is 38.5 Å². The van der Waals surface area contributed by atoms with E-state index in [2.05, 4.69) is 15.9 Å². The fourth-order valence-electron chi connectivity index (χ4n) is 3.32. The molecule has 1 unspecified atom stereocenters. The Bertz CT molecular complexity index is 480. The van der Waals surface area contributed by atoms with Crippen LogP contribution in [-0.4, -0.2) is 18.3 Å². The van der Waals surface area contributed by atoms with Crippen LogP contribution in [0.25, 0.3) is 0 Å². The lowest BCUT2D eigenvalue weighted by molar-refractivity contribution is -0.108. The minimum Gasteiger partial charge on any atom is -0.487 e. The van der Waals surface area contributed by atoms with Crippen LogP contribution in [0.5, 0.6) is 5.75 Å². The highest BCUT2D eigenvalue weighted by atomic mass is 79.9. The molecule has 20 heavy (non-hydrogen) atoms. The number of hydrogen-bond donors (Lipinski definition) is 1. The molecule has 3 rings (SSSR count). The molecule has 1 aromatic rings. The molecule has 2 fully saturated rings. The summed E-state index contributed by atoms with van der Waals surface area (Å²) in [7, 11) is 0. The summed E-state index contributed by atoms with van der Waals surface area (Å²) >= 11 is 9.46. The van der Waals surface area contributed by atoms with Crippen LogP contribution in [0.4, 0.5) is 5.69 Å². The zero-order chi connectivity index (χ0) is 14.2. The van der Waals surface area contributed by atoms with Gasteiger partial charge in [0.15, 0.2) is 5.75 Å². The molecule has 1 aliphatic heterocycles. The van der Waals surface area contributed by atoms with Crippen LogP contribution in [0, 0.1) is 0 Å². The summed E-state index contributed by atoms with van der Waals surface area (Å²) in [6.45, 7) is 0.774. The van der Waals surface area contributed by atoms with Crippen LogP contribution in [0.2, 0.25) is 5.02 Å². The highest BCUT2D eigenvalue weighted by molar-refractivity contribution is 9.10. The quantitative estimate of drug-likeness (QED) is 0.787. The van der Waals surface area contributed by atoms with E-state index in [1.165, 1.54) is 12.8 Å². The van der Waals surface area contributed by atoms with Gasteiger partial charge in [-0.1, -0.05) is 24.4 Å². The Morgan fingerprint density at radius 2 is 2.10 bits per heavy atom. The van der Waals surface area contributed by atoms with E-state index in [0.717, 1.165) is 36.8 Å². The topological polar surface area (TPSA) is 44.5 Å². The first kappa shape index (κ1) is 14.5. The maximum Gasteiger partial charge on any atom is 0.156 e. The predicted octanol–water partition coefficient (Wildman–Crippen LogP) is 4.56. The molecule has 0 radical (unpaired) electrons. The zero-order valence-electron chi connectivity index (χ0n) is 11.3. The lowest BCUT2D eigenvalue weighted by Crippen LogP contribution is -2.41. The van der Waals surface area contributed by atoms with Gasteiger partial charge in [0.2, 0.25) is 0 Å². The molecule has 1 atom stereocenters. The van der Waals surface area contributed by atoms with Crippen molar-refractivity contribution in [3.8, 4) is 5.75 Å². The van der Waals surface area contributed by atoms with Crippen molar-refractivity contribution in [1.82, 2.24) is 0 Å². The summed E-state index contributed by atoms with van der Waals surface area (Å²) in [5.74, 6) is 0.703. The Morgan fingerprint density at radius 1 is 1.35 bits per heavy atom. The number of halogens is 2. The third-order valence-electron chi connectivity index (χ3n) is 4.28. The third-order valence-corrected chi connectivity index (χ3v) is 5.09. The van der Waals surface area contributed by atoms with Gasteiger partial charge in [0.05, 0.1) is 22.4 Å². The highest BCUT2D eigenvalue weighted by Crippen LogP contribution is 2.42.